The van der Waals surface area contributed by atoms with E-state index < -0.39 is 10.0 Å². The monoisotopic (exact) mass is 298 g/mol. The molecule has 0 fully saturated rings. The van der Waals surface area contributed by atoms with E-state index >= 15 is 0 Å². The summed E-state index contributed by atoms with van der Waals surface area (Å²) in [5, 5.41) is 2.78. The topological polar surface area (TPSA) is 66.5 Å². The molecule has 0 unspecified atom stereocenters. The predicted octanol–water partition coefficient (Wildman–Crippen LogP) is 1.86. The first-order valence-corrected chi connectivity index (χ1v) is 8.56. The van der Waals surface area contributed by atoms with Crippen LogP contribution >= 0.6 is 0 Å². The van der Waals surface area contributed by atoms with Crippen molar-refractivity contribution in [3.63, 3.8) is 0 Å². The molecule has 0 bridgehead atoms. The average molecular weight is 298 g/mol. The van der Waals surface area contributed by atoms with Gasteiger partial charge in [-0.05, 0) is 24.5 Å². The van der Waals surface area contributed by atoms with E-state index in [4.69, 9.17) is 0 Å². The van der Waals surface area contributed by atoms with Gasteiger partial charge < -0.3 is 5.32 Å². The van der Waals surface area contributed by atoms with Gasteiger partial charge in [-0.25, -0.2) is 8.42 Å². The van der Waals surface area contributed by atoms with Crippen molar-refractivity contribution in [2.24, 2.45) is 0 Å². The number of hydrogen-bond acceptors (Lipinski definition) is 3. The van der Waals surface area contributed by atoms with Crippen molar-refractivity contribution < 1.29 is 13.2 Å². The average Bonchev–Trinajstić information content (AvgIpc) is 2.37. The van der Waals surface area contributed by atoms with E-state index in [9.17, 15) is 13.2 Å². The molecule has 0 aliphatic carbocycles. The van der Waals surface area contributed by atoms with E-state index in [-0.39, 0.29) is 12.5 Å². The Balaban J connectivity index is 2.76. The quantitative estimate of drug-likeness (QED) is 0.835. The van der Waals surface area contributed by atoms with Crippen LogP contribution in [0.1, 0.15) is 25.8 Å². The molecule has 0 radical (unpaired) electrons. The van der Waals surface area contributed by atoms with Crippen LogP contribution in [-0.2, 0) is 21.2 Å². The second kappa shape index (κ2) is 7.40. The van der Waals surface area contributed by atoms with Gasteiger partial charge in [0.05, 0.1) is 12.8 Å². The Bertz CT molecular complexity index is 555. The minimum atomic E-state index is -3.36. The van der Waals surface area contributed by atoms with Gasteiger partial charge in [0.25, 0.3) is 0 Å². The zero-order valence-corrected chi connectivity index (χ0v) is 13.0. The Kier molecular flexibility index (Phi) is 6.16. The van der Waals surface area contributed by atoms with Gasteiger partial charge >= 0.3 is 0 Å². The number of nitrogens with zero attached hydrogens (tertiary/aromatic N) is 1. The summed E-state index contributed by atoms with van der Waals surface area (Å²) in [6.07, 6.45) is 2.60. The SMILES string of the molecule is CCCN(CC(=O)Nc1ccccc1CC)S(C)(=O)=O. The molecule has 0 heterocycles. The molecular formula is C14H22N2O3S. The second-order valence-corrected chi connectivity index (χ2v) is 6.64. The maximum absolute atomic E-state index is 12.0. The lowest BCUT2D eigenvalue weighted by Gasteiger charge is -2.19. The summed E-state index contributed by atoms with van der Waals surface area (Å²) in [5.74, 6) is -0.315. The van der Waals surface area contributed by atoms with Crippen LogP contribution in [0.25, 0.3) is 0 Å². The van der Waals surface area contributed by atoms with Gasteiger partial charge in [-0.2, -0.15) is 4.31 Å². The number of carbonyl (C=O) groups excluding carboxylic acids is 1. The summed E-state index contributed by atoms with van der Waals surface area (Å²) >= 11 is 0. The van der Waals surface area contributed by atoms with Crippen LogP contribution in [0.4, 0.5) is 5.69 Å². The Morgan fingerprint density at radius 1 is 1.25 bits per heavy atom. The lowest BCUT2D eigenvalue weighted by Crippen LogP contribution is -2.37. The van der Waals surface area contributed by atoms with Crippen molar-refractivity contribution >= 4 is 21.6 Å². The molecule has 1 aromatic rings. The summed E-state index contributed by atoms with van der Waals surface area (Å²) in [5.41, 5.74) is 1.77. The van der Waals surface area contributed by atoms with E-state index in [0.717, 1.165) is 23.9 Å². The largest absolute Gasteiger partial charge is 0.325 e. The predicted molar refractivity (Wildman–Crippen MR) is 81.2 cm³/mol. The van der Waals surface area contributed by atoms with E-state index in [1.807, 2.05) is 38.1 Å². The number of aryl methyl sites for hydroxylation is 1. The zero-order valence-electron chi connectivity index (χ0n) is 12.2. The first kappa shape index (κ1) is 16.7. The first-order chi connectivity index (χ1) is 9.38. The minimum Gasteiger partial charge on any atom is -0.325 e. The lowest BCUT2D eigenvalue weighted by atomic mass is 10.1. The first-order valence-electron chi connectivity index (χ1n) is 6.71. The normalized spacial score (nSPS) is 11.6. The smallest absolute Gasteiger partial charge is 0.239 e. The van der Waals surface area contributed by atoms with Crippen LogP contribution in [0.3, 0.4) is 0 Å². The van der Waals surface area contributed by atoms with Crippen LogP contribution < -0.4 is 5.32 Å². The maximum Gasteiger partial charge on any atom is 0.239 e. The van der Waals surface area contributed by atoms with Gasteiger partial charge in [0.15, 0.2) is 0 Å². The molecule has 0 aliphatic rings. The number of hydrogen-bond donors (Lipinski definition) is 1. The molecule has 1 aromatic carbocycles. The molecule has 0 aliphatic heterocycles. The fourth-order valence-corrected chi connectivity index (χ4v) is 2.78. The lowest BCUT2D eigenvalue weighted by molar-refractivity contribution is -0.116. The molecule has 0 aromatic heterocycles. The molecule has 1 amide bonds. The second-order valence-electron chi connectivity index (χ2n) is 4.66. The molecule has 112 valence electrons. The molecule has 5 nitrogen and oxygen atoms in total. The molecular weight excluding hydrogens is 276 g/mol. The molecule has 1 N–H and O–H groups in total. The number of carbonyl (C=O) groups is 1. The number of anilines is 1. The number of amides is 1. The van der Waals surface area contributed by atoms with Crippen LogP contribution in [-0.4, -0.2) is 38.0 Å². The van der Waals surface area contributed by atoms with Crippen LogP contribution in [0, 0.1) is 0 Å². The van der Waals surface area contributed by atoms with Gasteiger partial charge in [0, 0.05) is 12.2 Å². The Morgan fingerprint density at radius 3 is 2.45 bits per heavy atom. The molecule has 6 heteroatoms. The highest BCUT2D eigenvalue weighted by Crippen LogP contribution is 2.15. The molecule has 0 saturated heterocycles. The fraction of sp³-hybridized carbons (Fsp3) is 0.500. The maximum atomic E-state index is 12.0. The standard InChI is InChI=1S/C14H22N2O3S/c1-4-10-16(20(3,18)19)11-14(17)15-13-9-7-6-8-12(13)5-2/h6-9H,4-5,10-11H2,1-3H3,(H,15,17). The van der Waals surface area contributed by atoms with Crippen molar-refractivity contribution in [3.05, 3.63) is 29.8 Å². The van der Waals surface area contributed by atoms with E-state index in [1.165, 1.54) is 4.31 Å². The summed E-state index contributed by atoms with van der Waals surface area (Å²) < 4.78 is 24.3. The summed E-state index contributed by atoms with van der Waals surface area (Å²) in [6.45, 7) is 4.08. The van der Waals surface area contributed by atoms with Crippen molar-refractivity contribution in [1.82, 2.24) is 4.31 Å². The highest BCUT2D eigenvalue weighted by molar-refractivity contribution is 7.88. The van der Waals surface area contributed by atoms with Crippen molar-refractivity contribution in [2.45, 2.75) is 26.7 Å². The van der Waals surface area contributed by atoms with Gasteiger partial charge in [-0.15, -0.1) is 0 Å². The van der Waals surface area contributed by atoms with E-state index in [2.05, 4.69) is 5.32 Å². The third kappa shape index (κ3) is 4.94. The van der Waals surface area contributed by atoms with Crippen molar-refractivity contribution in [3.8, 4) is 0 Å². The fourth-order valence-electron chi connectivity index (χ4n) is 1.91. The molecule has 0 atom stereocenters. The van der Waals surface area contributed by atoms with Gasteiger partial charge in [0.2, 0.25) is 15.9 Å². The Hall–Kier alpha value is -1.40. The Labute approximate surface area is 121 Å². The Morgan fingerprint density at radius 2 is 1.90 bits per heavy atom. The van der Waals surface area contributed by atoms with Gasteiger partial charge in [-0.1, -0.05) is 32.0 Å². The van der Waals surface area contributed by atoms with Crippen LogP contribution in [0.15, 0.2) is 24.3 Å². The molecule has 1 rings (SSSR count). The third-order valence-electron chi connectivity index (χ3n) is 2.93. The zero-order chi connectivity index (χ0) is 15.2. The number of nitrogens with one attached hydrogen (secondary N) is 1. The summed E-state index contributed by atoms with van der Waals surface area (Å²) in [7, 11) is -3.36. The van der Waals surface area contributed by atoms with Crippen molar-refractivity contribution in [2.75, 3.05) is 24.7 Å². The summed E-state index contributed by atoms with van der Waals surface area (Å²) in [4.78, 5) is 12.0. The molecule has 0 saturated carbocycles. The molecule has 20 heavy (non-hydrogen) atoms. The van der Waals surface area contributed by atoms with E-state index in [1.54, 1.807) is 0 Å². The minimum absolute atomic E-state index is 0.148. The van der Waals surface area contributed by atoms with Crippen molar-refractivity contribution in [1.29, 1.82) is 0 Å². The van der Waals surface area contributed by atoms with Gasteiger partial charge in [0.1, 0.15) is 0 Å². The number of rotatable bonds is 7. The third-order valence-corrected chi connectivity index (χ3v) is 4.18. The van der Waals surface area contributed by atoms with Crippen LogP contribution in [0.2, 0.25) is 0 Å². The molecule has 0 spiro atoms. The number of benzene rings is 1. The van der Waals surface area contributed by atoms with Gasteiger partial charge in [-0.3, -0.25) is 4.79 Å². The number of sulfonamides is 1. The highest BCUT2D eigenvalue weighted by atomic mass is 32.2. The summed E-state index contributed by atoms with van der Waals surface area (Å²) in [6, 6.07) is 7.51. The van der Waals surface area contributed by atoms with E-state index in [0.29, 0.717) is 13.0 Å². The number of para-hydroxylation sites is 1. The highest BCUT2D eigenvalue weighted by Gasteiger charge is 2.19. The van der Waals surface area contributed by atoms with Crippen LogP contribution in [0.5, 0.6) is 0 Å².